The fourth-order valence-electron chi connectivity index (χ4n) is 9.48. The van der Waals surface area contributed by atoms with Crippen LogP contribution in [0.5, 0.6) is 0 Å². The Kier molecular flexibility index (Phi) is 6.07. The normalized spacial score (nSPS) is 51.5. The maximum atomic E-state index is 11.7. The highest BCUT2D eigenvalue weighted by atomic mass is 16.4. The van der Waals surface area contributed by atoms with Gasteiger partial charge in [-0.15, -0.1) is 0 Å². The van der Waals surface area contributed by atoms with Crippen molar-refractivity contribution < 1.29 is 20.1 Å². The highest BCUT2D eigenvalue weighted by Crippen LogP contribution is 2.69. The van der Waals surface area contributed by atoms with Crippen LogP contribution in [0.15, 0.2) is 0 Å². The maximum Gasteiger partial charge on any atom is 0.303 e. The first-order valence-corrected chi connectivity index (χ1v) is 12.7. The van der Waals surface area contributed by atoms with Gasteiger partial charge in [-0.1, -0.05) is 34.1 Å². The number of aliphatic hydroxyl groups excluding tert-OH is 2. The molecule has 0 aromatic rings. The van der Waals surface area contributed by atoms with Crippen molar-refractivity contribution in [3.8, 4) is 0 Å². The standard InChI is InChI=1S/C26H44O4/c1-5-17-21-14-16(27)10-12-26(21,4)20-11-13-25(3)18(15(2)6-9-22(28)29)7-8-19(25)23(20)24(17)30/h15-21,23-24,27,30H,5-14H2,1-4H3,(H,28,29)/t15-,16-,17-,18?,19?,20?,21+,23?,24?,25-,26-/m1/s1. The first kappa shape index (κ1) is 22.6. The molecule has 11 atom stereocenters. The predicted molar refractivity (Wildman–Crippen MR) is 118 cm³/mol. The molecule has 3 N–H and O–H groups in total. The number of carboxylic acids is 1. The highest BCUT2D eigenvalue weighted by molar-refractivity contribution is 5.66. The van der Waals surface area contributed by atoms with E-state index in [1.807, 2.05) is 0 Å². The molecule has 4 aliphatic carbocycles. The summed E-state index contributed by atoms with van der Waals surface area (Å²) in [5.74, 6) is 2.58. The average molecular weight is 421 g/mol. The van der Waals surface area contributed by atoms with Gasteiger partial charge in [-0.2, -0.15) is 0 Å². The second-order valence-electron chi connectivity index (χ2n) is 12.0. The number of aliphatic hydroxyl groups is 2. The van der Waals surface area contributed by atoms with Crippen molar-refractivity contribution in [2.75, 3.05) is 0 Å². The summed E-state index contributed by atoms with van der Waals surface area (Å²) in [5.41, 5.74) is 0.480. The summed E-state index contributed by atoms with van der Waals surface area (Å²) in [4.78, 5) is 11.1. The summed E-state index contributed by atoms with van der Waals surface area (Å²) in [6.07, 6.45) is 9.27. The predicted octanol–water partition coefficient (Wildman–Crippen LogP) is 5.11. The van der Waals surface area contributed by atoms with E-state index in [9.17, 15) is 15.0 Å². The zero-order valence-electron chi connectivity index (χ0n) is 19.5. The van der Waals surface area contributed by atoms with Crippen LogP contribution in [0, 0.1) is 52.3 Å². The fraction of sp³-hybridized carbons (Fsp3) is 0.962. The molecule has 0 spiro atoms. The topological polar surface area (TPSA) is 77.8 Å². The van der Waals surface area contributed by atoms with Gasteiger partial charge in [0.15, 0.2) is 0 Å². The Morgan fingerprint density at radius 1 is 1.00 bits per heavy atom. The first-order valence-electron chi connectivity index (χ1n) is 12.7. The van der Waals surface area contributed by atoms with Crippen LogP contribution in [0.2, 0.25) is 0 Å². The molecule has 4 heteroatoms. The molecule has 0 bridgehead atoms. The Balaban J connectivity index is 1.61. The molecule has 4 saturated carbocycles. The van der Waals surface area contributed by atoms with E-state index in [-0.39, 0.29) is 29.5 Å². The van der Waals surface area contributed by atoms with Gasteiger partial charge in [0.05, 0.1) is 12.2 Å². The van der Waals surface area contributed by atoms with Crippen LogP contribution in [0.3, 0.4) is 0 Å². The van der Waals surface area contributed by atoms with Crippen molar-refractivity contribution >= 4 is 5.97 Å². The molecule has 0 aromatic carbocycles. The molecule has 4 fully saturated rings. The summed E-state index contributed by atoms with van der Waals surface area (Å²) in [5, 5.41) is 31.3. The Morgan fingerprint density at radius 2 is 1.67 bits per heavy atom. The van der Waals surface area contributed by atoms with Crippen molar-refractivity contribution in [1.82, 2.24) is 0 Å². The van der Waals surface area contributed by atoms with E-state index in [4.69, 9.17) is 5.11 Å². The quantitative estimate of drug-likeness (QED) is 0.577. The van der Waals surface area contributed by atoms with Crippen molar-refractivity contribution in [3.05, 3.63) is 0 Å². The van der Waals surface area contributed by atoms with E-state index in [0.29, 0.717) is 41.4 Å². The lowest BCUT2D eigenvalue weighted by Gasteiger charge is -2.64. The summed E-state index contributed by atoms with van der Waals surface area (Å²) >= 11 is 0. The fourth-order valence-corrected chi connectivity index (χ4v) is 9.48. The van der Waals surface area contributed by atoms with Crippen LogP contribution < -0.4 is 0 Å². The Labute approximate surface area is 182 Å². The van der Waals surface area contributed by atoms with Gasteiger partial charge < -0.3 is 15.3 Å². The molecule has 4 aliphatic rings. The molecule has 172 valence electrons. The van der Waals surface area contributed by atoms with Crippen molar-refractivity contribution in [2.45, 2.75) is 104 Å². The zero-order valence-corrected chi connectivity index (χ0v) is 19.5. The van der Waals surface area contributed by atoms with E-state index in [2.05, 4.69) is 27.7 Å². The van der Waals surface area contributed by atoms with Crippen LogP contribution in [0.4, 0.5) is 0 Å². The maximum absolute atomic E-state index is 11.7. The monoisotopic (exact) mass is 420 g/mol. The van der Waals surface area contributed by atoms with E-state index in [0.717, 1.165) is 32.1 Å². The number of rotatable bonds is 5. The lowest BCUT2D eigenvalue weighted by molar-refractivity contribution is -0.203. The first-order chi connectivity index (χ1) is 14.1. The SMILES string of the molecule is CC[C@H]1C(O)C2C3CCC([C@H](C)CCC(=O)O)[C@@]3(C)CCC2[C@@]2(C)CC[C@@H](O)C[C@@H]12. The van der Waals surface area contributed by atoms with Crippen LogP contribution in [0.25, 0.3) is 0 Å². The minimum Gasteiger partial charge on any atom is -0.481 e. The number of fused-ring (bicyclic) bond motifs is 5. The molecular formula is C26H44O4. The van der Waals surface area contributed by atoms with E-state index < -0.39 is 5.97 Å². The van der Waals surface area contributed by atoms with Crippen LogP contribution in [-0.2, 0) is 4.79 Å². The molecule has 0 heterocycles. The second kappa shape index (κ2) is 8.06. The van der Waals surface area contributed by atoms with Crippen LogP contribution >= 0.6 is 0 Å². The molecule has 0 saturated heterocycles. The van der Waals surface area contributed by atoms with Crippen molar-refractivity contribution in [1.29, 1.82) is 0 Å². The van der Waals surface area contributed by atoms with E-state index >= 15 is 0 Å². The molecule has 4 nitrogen and oxygen atoms in total. The number of hydrogen-bond donors (Lipinski definition) is 3. The second-order valence-corrected chi connectivity index (χ2v) is 12.0. The molecule has 0 radical (unpaired) electrons. The van der Waals surface area contributed by atoms with Crippen LogP contribution in [-0.4, -0.2) is 33.5 Å². The van der Waals surface area contributed by atoms with Crippen LogP contribution in [0.1, 0.15) is 91.9 Å². The molecule has 0 amide bonds. The van der Waals surface area contributed by atoms with Crippen molar-refractivity contribution in [3.63, 3.8) is 0 Å². The van der Waals surface area contributed by atoms with E-state index in [1.165, 1.54) is 25.7 Å². The van der Waals surface area contributed by atoms with Gasteiger partial charge in [-0.3, -0.25) is 4.79 Å². The number of carboxylic acid groups (broad SMARTS) is 1. The molecule has 4 rings (SSSR count). The number of aliphatic carboxylic acids is 1. The van der Waals surface area contributed by atoms with Gasteiger partial charge in [-0.05, 0) is 104 Å². The Hall–Kier alpha value is -0.610. The minimum atomic E-state index is -0.683. The smallest absolute Gasteiger partial charge is 0.303 e. The highest BCUT2D eigenvalue weighted by Gasteiger charge is 2.64. The Bertz CT molecular complexity index is 649. The summed E-state index contributed by atoms with van der Waals surface area (Å²) in [6, 6.07) is 0. The molecule has 0 aromatic heterocycles. The molecule has 0 aliphatic heterocycles. The largest absolute Gasteiger partial charge is 0.481 e. The van der Waals surface area contributed by atoms with Gasteiger partial charge in [0.1, 0.15) is 0 Å². The number of hydrogen-bond acceptors (Lipinski definition) is 3. The minimum absolute atomic E-state index is 0.194. The Morgan fingerprint density at radius 3 is 2.33 bits per heavy atom. The van der Waals surface area contributed by atoms with Gasteiger partial charge in [-0.25, -0.2) is 0 Å². The van der Waals surface area contributed by atoms with Crippen molar-refractivity contribution in [2.24, 2.45) is 52.3 Å². The summed E-state index contributed by atoms with van der Waals surface area (Å²) in [7, 11) is 0. The summed E-state index contributed by atoms with van der Waals surface area (Å²) in [6.45, 7) is 9.44. The third-order valence-corrected chi connectivity index (χ3v) is 11.0. The van der Waals surface area contributed by atoms with E-state index in [1.54, 1.807) is 0 Å². The summed E-state index contributed by atoms with van der Waals surface area (Å²) < 4.78 is 0. The van der Waals surface area contributed by atoms with Gasteiger partial charge in [0.2, 0.25) is 0 Å². The van der Waals surface area contributed by atoms with Gasteiger partial charge >= 0.3 is 5.97 Å². The molecular weight excluding hydrogens is 376 g/mol. The third-order valence-electron chi connectivity index (χ3n) is 11.0. The van der Waals surface area contributed by atoms with Gasteiger partial charge in [0, 0.05) is 6.42 Å². The van der Waals surface area contributed by atoms with Gasteiger partial charge in [0.25, 0.3) is 0 Å². The lowest BCUT2D eigenvalue weighted by atomic mass is 9.41. The average Bonchev–Trinajstić information content (AvgIpc) is 3.05. The zero-order chi connectivity index (χ0) is 21.8. The number of carbonyl (C=O) groups is 1. The third kappa shape index (κ3) is 3.36. The molecule has 5 unspecified atom stereocenters. The molecule has 30 heavy (non-hydrogen) atoms. The lowest BCUT2D eigenvalue weighted by Crippen LogP contribution is -2.62.